The molecule has 4 heteroatoms. The number of urea groups is 1. The maximum atomic E-state index is 13.7. The Morgan fingerprint density at radius 1 is 0.969 bits per heavy atom. The van der Waals surface area contributed by atoms with E-state index in [2.05, 4.69) is 96.7 Å². The van der Waals surface area contributed by atoms with E-state index in [0.29, 0.717) is 6.54 Å². The number of para-hydroxylation sites is 1. The summed E-state index contributed by atoms with van der Waals surface area (Å²) in [7, 11) is 0. The number of hydrogen-bond acceptors (Lipinski definition) is 1. The molecular formula is C28H27N3O. The summed E-state index contributed by atoms with van der Waals surface area (Å²) in [5, 5.41) is 3.14. The maximum absolute atomic E-state index is 13.7. The van der Waals surface area contributed by atoms with E-state index in [0.717, 1.165) is 34.6 Å². The monoisotopic (exact) mass is 421 g/mol. The third kappa shape index (κ3) is 3.69. The minimum atomic E-state index is -0.202. The van der Waals surface area contributed by atoms with Crippen molar-refractivity contribution in [3.63, 3.8) is 0 Å². The largest absolute Gasteiger partial charge is 0.322 e. The van der Waals surface area contributed by atoms with Crippen molar-refractivity contribution in [3.05, 3.63) is 119 Å². The van der Waals surface area contributed by atoms with Crippen LogP contribution in [0.25, 0.3) is 5.69 Å². The Morgan fingerprint density at radius 3 is 2.56 bits per heavy atom. The van der Waals surface area contributed by atoms with Crippen LogP contribution in [-0.2, 0) is 13.0 Å². The third-order valence-corrected chi connectivity index (χ3v) is 6.20. The number of nitrogens with zero attached hydrogens (tertiary/aromatic N) is 2. The molecule has 2 amide bonds. The van der Waals surface area contributed by atoms with E-state index in [4.69, 9.17) is 0 Å². The van der Waals surface area contributed by atoms with Crippen molar-refractivity contribution in [2.45, 2.75) is 32.9 Å². The molecule has 1 aromatic heterocycles. The second-order valence-electron chi connectivity index (χ2n) is 8.36. The number of anilines is 1. The van der Waals surface area contributed by atoms with Crippen LogP contribution < -0.4 is 5.32 Å². The number of aryl methyl sites for hydroxylation is 2. The Balaban J connectivity index is 1.60. The van der Waals surface area contributed by atoms with Crippen LogP contribution in [0.15, 0.2) is 91.1 Å². The smallest absolute Gasteiger partial charge is 0.318 e. The number of rotatable bonds is 3. The fourth-order valence-corrected chi connectivity index (χ4v) is 4.55. The van der Waals surface area contributed by atoms with Gasteiger partial charge < -0.3 is 14.8 Å². The van der Waals surface area contributed by atoms with Gasteiger partial charge in [-0.25, -0.2) is 4.79 Å². The molecule has 1 atom stereocenters. The van der Waals surface area contributed by atoms with E-state index in [1.807, 2.05) is 23.1 Å². The third-order valence-electron chi connectivity index (χ3n) is 6.20. The van der Waals surface area contributed by atoms with E-state index in [1.165, 1.54) is 11.1 Å². The number of benzene rings is 3. The minimum Gasteiger partial charge on any atom is -0.318 e. The summed E-state index contributed by atoms with van der Waals surface area (Å²) >= 11 is 0. The van der Waals surface area contributed by atoms with Gasteiger partial charge in [0.2, 0.25) is 0 Å². The van der Waals surface area contributed by atoms with Gasteiger partial charge in [0.1, 0.15) is 0 Å². The van der Waals surface area contributed by atoms with Gasteiger partial charge in [0.25, 0.3) is 0 Å². The van der Waals surface area contributed by atoms with E-state index in [9.17, 15) is 4.79 Å². The van der Waals surface area contributed by atoms with E-state index in [1.54, 1.807) is 0 Å². The standard InChI is InChI=1S/C28H27N3O/c1-3-21-13-15-24(16-14-21)29-28(32)31-19-23-9-4-5-11-25(23)30-17-7-12-26(30)27(31)22-10-6-8-20(2)18-22/h4-18,27H,3,19H2,1-2H3,(H,29,32). The molecule has 0 radical (unpaired) electrons. The number of amides is 2. The molecule has 1 aliphatic rings. The van der Waals surface area contributed by atoms with Crippen molar-refractivity contribution in [2.75, 3.05) is 5.32 Å². The van der Waals surface area contributed by atoms with Crippen LogP contribution in [-0.4, -0.2) is 15.5 Å². The van der Waals surface area contributed by atoms with Gasteiger partial charge in [-0.15, -0.1) is 0 Å². The first-order valence-corrected chi connectivity index (χ1v) is 11.1. The fraction of sp³-hybridized carbons (Fsp3) is 0.179. The predicted octanol–water partition coefficient (Wildman–Crippen LogP) is 6.49. The van der Waals surface area contributed by atoms with Gasteiger partial charge in [-0.1, -0.05) is 67.1 Å². The molecule has 5 rings (SSSR count). The van der Waals surface area contributed by atoms with Crippen LogP contribution in [0.1, 0.15) is 40.9 Å². The van der Waals surface area contributed by atoms with Crippen molar-refractivity contribution in [3.8, 4) is 5.69 Å². The Labute approximate surface area is 189 Å². The first kappa shape index (κ1) is 20.1. The zero-order chi connectivity index (χ0) is 22.1. The van der Waals surface area contributed by atoms with Crippen LogP contribution in [0, 0.1) is 6.92 Å². The summed E-state index contributed by atoms with van der Waals surface area (Å²) in [6, 6.07) is 28.7. The van der Waals surface area contributed by atoms with Gasteiger partial charge in [-0.05, 0) is 60.4 Å². The Bertz CT molecular complexity index is 1260. The van der Waals surface area contributed by atoms with Crippen LogP contribution in [0.3, 0.4) is 0 Å². The summed E-state index contributed by atoms with van der Waals surface area (Å²) in [6.07, 6.45) is 3.06. The number of fused-ring (bicyclic) bond motifs is 3. The number of aromatic nitrogens is 1. The second-order valence-corrected chi connectivity index (χ2v) is 8.36. The van der Waals surface area contributed by atoms with Crippen LogP contribution >= 0.6 is 0 Å². The highest BCUT2D eigenvalue weighted by molar-refractivity contribution is 5.90. The highest BCUT2D eigenvalue weighted by Gasteiger charge is 2.33. The van der Waals surface area contributed by atoms with Crippen LogP contribution in [0.2, 0.25) is 0 Å². The van der Waals surface area contributed by atoms with Crippen molar-refractivity contribution < 1.29 is 4.79 Å². The zero-order valence-electron chi connectivity index (χ0n) is 18.5. The maximum Gasteiger partial charge on any atom is 0.322 e. The minimum absolute atomic E-state index is 0.106. The van der Waals surface area contributed by atoms with E-state index in [-0.39, 0.29) is 12.1 Å². The quantitative estimate of drug-likeness (QED) is 0.404. The molecule has 4 nitrogen and oxygen atoms in total. The van der Waals surface area contributed by atoms with Crippen molar-refractivity contribution in [2.24, 2.45) is 0 Å². The van der Waals surface area contributed by atoms with Crippen molar-refractivity contribution >= 4 is 11.7 Å². The summed E-state index contributed by atoms with van der Waals surface area (Å²) < 4.78 is 2.21. The first-order valence-electron chi connectivity index (χ1n) is 11.1. The predicted molar refractivity (Wildman–Crippen MR) is 129 cm³/mol. The van der Waals surface area contributed by atoms with Crippen LogP contribution in [0.5, 0.6) is 0 Å². The molecule has 1 aliphatic heterocycles. The number of hydrogen-bond donors (Lipinski definition) is 1. The van der Waals surface area contributed by atoms with E-state index < -0.39 is 0 Å². The highest BCUT2D eigenvalue weighted by atomic mass is 16.2. The molecule has 3 aromatic carbocycles. The normalized spacial score (nSPS) is 14.9. The second kappa shape index (κ2) is 8.39. The fourth-order valence-electron chi connectivity index (χ4n) is 4.55. The van der Waals surface area contributed by atoms with Gasteiger partial charge in [0, 0.05) is 17.6 Å². The lowest BCUT2D eigenvalue weighted by Crippen LogP contribution is -2.37. The lowest BCUT2D eigenvalue weighted by molar-refractivity contribution is 0.194. The molecule has 0 spiro atoms. The number of carbonyl (C=O) groups excluding carboxylic acids is 1. The molecule has 0 bridgehead atoms. The molecule has 160 valence electrons. The van der Waals surface area contributed by atoms with Gasteiger partial charge in [0.05, 0.1) is 18.3 Å². The van der Waals surface area contributed by atoms with Gasteiger partial charge >= 0.3 is 6.03 Å². The molecular weight excluding hydrogens is 394 g/mol. The van der Waals surface area contributed by atoms with Crippen molar-refractivity contribution in [1.82, 2.24) is 9.47 Å². The lowest BCUT2D eigenvalue weighted by atomic mass is 10.00. The van der Waals surface area contributed by atoms with Crippen LogP contribution in [0.4, 0.5) is 10.5 Å². The summed E-state index contributed by atoms with van der Waals surface area (Å²) in [5.41, 5.74) is 7.67. The SMILES string of the molecule is CCc1ccc(NC(=O)N2Cc3ccccc3-n3cccc3C2c2cccc(C)c2)cc1. The molecule has 0 saturated heterocycles. The average Bonchev–Trinajstić information content (AvgIpc) is 3.23. The van der Waals surface area contributed by atoms with E-state index >= 15 is 0 Å². The summed E-state index contributed by atoms with van der Waals surface area (Å²) in [6.45, 7) is 4.74. The molecule has 1 unspecified atom stereocenters. The first-order chi connectivity index (χ1) is 15.6. The molecule has 0 fully saturated rings. The number of carbonyl (C=O) groups is 1. The van der Waals surface area contributed by atoms with Crippen molar-refractivity contribution in [1.29, 1.82) is 0 Å². The molecule has 32 heavy (non-hydrogen) atoms. The lowest BCUT2D eigenvalue weighted by Gasteiger charge is -2.31. The average molecular weight is 422 g/mol. The Morgan fingerprint density at radius 2 is 1.78 bits per heavy atom. The summed E-state index contributed by atoms with van der Waals surface area (Å²) in [5.74, 6) is 0. The highest BCUT2D eigenvalue weighted by Crippen LogP contribution is 2.37. The Kier molecular flexibility index (Phi) is 5.28. The summed E-state index contributed by atoms with van der Waals surface area (Å²) in [4.78, 5) is 15.6. The molecule has 0 aliphatic carbocycles. The number of nitrogens with one attached hydrogen (secondary N) is 1. The molecule has 2 heterocycles. The molecule has 4 aromatic rings. The zero-order valence-corrected chi connectivity index (χ0v) is 18.5. The Hall–Kier alpha value is -3.79. The molecule has 0 saturated carbocycles. The topological polar surface area (TPSA) is 37.3 Å². The van der Waals surface area contributed by atoms with Gasteiger partial charge in [-0.2, -0.15) is 0 Å². The molecule has 1 N–H and O–H groups in total. The van der Waals surface area contributed by atoms with Gasteiger partial charge in [-0.3, -0.25) is 0 Å². The van der Waals surface area contributed by atoms with Gasteiger partial charge in [0.15, 0.2) is 0 Å².